The lowest BCUT2D eigenvalue weighted by atomic mass is 10.0. The largest absolute Gasteiger partial charge is 0.466 e. The molecule has 6 nitrogen and oxygen atoms in total. The van der Waals surface area contributed by atoms with Gasteiger partial charge in [-0.3, -0.25) is 4.79 Å². The van der Waals surface area contributed by atoms with Gasteiger partial charge in [-0.25, -0.2) is 0 Å². The van der Waals surface area contributed by atoms with Gasteiger partial charge in [0.25, 0.3) is 5.89 Å². The molecule has 1 fully saturated rings. The highest BCUT2D eigenvalue weighted by Gasteiger charge is 2.19. The Kier molecular flexibility index (Phi) is 5.99. The summed E-state index contributed by atoms with van der Waals surface area (Å²) in [6, 6.07) is 14.6. The summed E-state index contributed by atoms with van der Waals surface area (Å²) in [5, 5.41) is 5.41. The van der Waals surface area contributed by atoms with E-state index >= 15 is 0 Å². The molecule has 0 atom stereocenters. The summed E-state index contributed by atoms with van der Waals surface area (Å²) in [4.78, 5) is 19.9. The summed E-state index contributed by atoms with van der Waals surface area (Å²) in [7, 11) is 0. The molecule has 4 aromatic rings. The maximum atomic E-state index is 11.6. The van der Waals surface area contributed by atoms with Gasteiger partial charge in [0.1, 0.15) is 0 Å². The number of carbonyl (C=O) groups is 1. The molecule has 0 radical (unpaired) electrons. The van der Waals surface area contributed by atoms with Crippen LogP contribution in [0.1, 0.15) is 61.8 Å². The van der Waals surface area contributed by atoms with Crippen LogP contribution < -0.4 is 0 Å². The highest BCUT2D eigenvalue weighted by atomic mass is 16.5. The normalized spacial score (nSPS) is 14.2. The van der Waals surface area contributed by atoms with Gasteiger partial charge in [-0.05, 0) is 74.4 Å². The number of esters is 1. The minimum Gasteiger partial charge on any atom is -0.466 e. The summed E-state index contributed by atoms with van der Waals surface area (Å²) < 4.78 is 10.6. The SMILES string of the molecule is CCOC(=O)CCc1ccc(-c2noc(-c3ccc4[nH]c(C5CCCC5)cc4c3)n2)c(C)c1. The van der Waals surface area contributed by atoms with E-state index in [1.807, 2.05) is 32.0 Å². The van der Waals surface area contributed by atoms with Gasteiger partial charge in [-0.1, -0.05) is 36.2 Å². The van der Waals surface area contributed by atoms with Gasteiger partial charge in [0.15, 0.2) is 0 Å². The number of nitrogens with one attached hydrogen (secondary N) is 1. The second-order valence-electron chi connectivity index (χ2n) is 8.89. The van der Waals surface area contributed by atoms with Crippen LogP contribution in [0.2, 0.25) is 0 Å². The summed E-state index contributed by atoms with van der Waals surface area (Å²) in [5.74, 6) is 1.57. The Balaban J connectivity index is 1.34. The van der Waals surface area contributed by atoms with Crippen LogP contribution in [0.5, 0.6) is 0 Å². The second-order valence-corrected chi connectivity index (χ2v) is 8.89. The Morgan fingerprint density at radius 2 is 2.00 bits per heavy atom. The van der Waals surface area contributed by atoms with Crippen molar-refractivity contribution >= 4 is 16.9 Å². The molecule has 0 saturated heterocycles. The van der Waals surface area contributed by atoms with E-state index in [1.54, 1.807) is 0 Å². The molecular formula is C27H29N3O3. The number of nitrogens with zero attached hydrogens (tertiary/aromatic N) is 2. The fraction of sp³-hybridized carbons (Fsp3) is 0.370. The van der Waals surface area contributed by atoms with Crippen LogP contribution in [0.25, 0.3) is 33.7 Å². The van der Waals surface area contributed by atoms with Crippen LogP contribution in [0.15, 0.2) is 47.0 Å². The van der Waals surface area contributed by atoms with Crippen molar-refractivity contribution in [3.63, 3.8) is 0 Å². The van der Waals surface area contributed by atoms with Crippen LogP contribution in [0.3, 0.4) is 0 Å². The van der Waals surface area contributed by atoms with E-state index in [1.165, 1.54) is 36.8 Å². The van der Waals surface area contributed by atoms with Gasteiger partial charge in [0.05, 0.1) is 6.61 Å². The molecule has 170 valence electrons. The zero-order chi connectivity index (χ0) is 22.8. The maximum absolute atomic E-state index is 11.6. The number of H-pyrrole nitrogens is 1. The molecule has 1 aliphatic carbocycles. The number of hydrogen-bond donors (Lipinski definition) is 1. The molecule has 1 N–H and O–H groups in total. The van der Waals surface area contributed by atoms with Gasteiger partial charge in [0, 0.05) is 34.1 Å². The van der Waals surface area contributed by atoms with Crippen molar-refractivity contribution in [1.29, 1.82) is 0 Å². The van der Waals surface area contributed by atoms with Crippen molar-refractivity contribution in [1.82, 2.24) is 15.1 Å². The number of aryl methyl sites for hydroxylation is 2. The zero-order valence-electron chi connectivity index (χ0n) is 19.2. The molecule has 33 heavy (non-hydrogen) atoms. The average molecular weight is 444 g/mol. The predicted molar refractivity (Wildman–Crippen MR) is 128 cm³/mol. The van der Waals surface area contributed by atoms with Crippen LogP contribution in [0.4, 0.5) is 0 Å². The molecule has 0 unspecified atom stereocenters. The molecule has 2 aromatic carbocycles. The first kappa shape index (κ1) is 21.4. The monoisotopic (exact) mass is 443 g/mol. The third-order valence-corrected chi connectivity index (χ3v) is 6.56. The molecule has 5 rings (SSSR count). The molecule has 0 aliphatic heterocycles. The van der Waals surface area contributed by atoms with Crippen molar-refractivity contribution in [2.45, 2.75) is 58.3 Å². The number of fused-ring (bicyclic) bond motifs is 1. The highest BCUT2D eigenvalue weighted by Crippen LogP contribution is 2.36. The molecule has 1 aliphatic rings. The van der Waals surface area contributed by atoms with Crippen molar-refractivity contribution in [3.8, 4) is 22.8 Å². The van der Waals surface area contributed by atoms with Gasteiger partial charge in [0.2, 0.25) is 5.82 Å². The third-order valence-electron chi connectivity index (χ3n) is 6.56. The van der Waals surface area contributed by atoms with Crippen molar-refractivity contribution in [2.24, 2.45) is 0 Å². The zero-order valence-corrected chi connectivity index (χ0v) is 19.2. The van der Waals surface area contributed by atoms with E-state index in [9.17, 15) is 4.79 Å². The second kappa shape index (κ2) is 9.22. The molecule has 2 aromatic heterocycles. The summed E-state index contributed by atoms with van der Waals surface area (Å²) in [6.07, 6.45) is 6.21. The van der Waals surface area contributed by atoms with Gasteiger partial charge < -0.3 is 14.2 Å². The Morgan fingerprint density at radius 3 is 2.79 bits per heavy atom. The standard InChI is InChI=1S/C27H29N3O3/c1-3-32-25(31)13-9-18-8-11-22(17(2)14-18)26-29-27(33-30-26)20-10-12-23-21(15-20)16-24(28-23)19-6-4-5-7-19/h8,10-12,14-16,19,28H,3-7,9,13H2,1-2H3. The summed E-state index contributed by atoms with van der Waals surface area (Å²) in [5.41, 5.74) is 6.47. The van der Waals surface area contributed by atoms with Crippen molar-refractivity contribution in [2.75, 3.05) is 6.61 Å². The van der Waals surface area contributed by atoms with E-state index in [2.05, 4.69) is 39.4 Å². The number of carbonyl (C=O) groups excluding carboxylic acids is 1. The Bertz CT molecular complexity index is 1280. The minimum atomic E-state index is -0.170. The average Bonchev–Trinajstić information content (AvgIpc) is 3.57. The third kappa shape index (κ3) is 4.56. The van der Waals surface area contributed by atoms with Crippen molar-refractivity contribution < 1.29 is 14.1 Å². The first-order chi connectivity index (χ1) is 16.1. The van der Waals surface area contributed by atoms with Gasteiger partial charge in [-0.2, -0.15) is 4.98 Å². The Morgan fingerprint density at radius 1 is 1.15 bits per heavy atom. The summed E-state index contributed by atoms with van der Waals surface area (Å²) in [6.45, 7) is 4.26. The quantitative estimate of drug-likeness (QED) is 0.337. The lowest BCUT2D eigenvalue weighted by Crippen LogP contribution is -2.05. The number of hydrogen-bond acceptors (Lipinski definition) is 5. The topological polar surface area (TPSA) is 81.0 Å². The molecular weight excluding hydrogens is 414 g/mol. The fourth-order valence-corrected chi connectivity index (χ4v) is 4.81. The van der Waals surface area contributed by atoms with Gasteiger partial charge >= 0.3 is 5.97 Å². The van der Waals surface area contributed by atoms with Gasteiger partial charge in [-0.15, -0.1) is 0 Å². The lowest BCUT2D eigenvalue weighted by Gasteiger charge is -2.06. The first-order valence-corrected chi connectivity index (χ1v) is 11.8. The van der Waals surface area contributed by atoms with Crippen molar-refractivity contribution in [3.05, 3.63) is 59.3 Å². The Hall–Kier alpha value is -3.41. The lowest BCUT2D eigenvalue weighted by molar-refractivity contribution is -0.143. The van der Waals surface area contributed by atoms with E-state index in [-0.39, 0.29) is 5.97 Å². The number of ether oxygens (including phenoxy) is 1. The molecule has 0 bridgehead atoms. The number of benzene rings is 2. The summed E-state index contributed by atoms with van der Waals surface area (Å²) >= 11 is 0. The highest BCUT2D eigenvalue weighted by molar-refractivity contribution is 5.85. The number of rotatable bonds is 7. The van der Waals surface area contributed by atoms with Crippen LogP contribution in [0, 0.1) is 6.92 Å². The smallest absolute Gasteiger partial charge is 0.306 e. The van der Waals surface area contributed by atoms with E-state index in [4.69, 9.17) is 9.26 Å². The Labute approximate surface area is 193 Å². The predicted octanol–water partition coefficient (Wildman–Crippen LogP) is 6.35. The molecule has 2 heterocycles. The van der Waals surface area contributed by atoms with E-state index in [0.29, 0.717) is 37.1 Å². The minimum absolute atomic E-state index is 0.170. The van der Waals surface area contributed by atoms with E-state index < -0.39 is 0 Å². The molecule has 0 amide bonds. The number of aromatic amines is 1. The fourth-order valence-electron chi connectivity index (χ4n) is 4.81. The van der Waals surface area contributed by atoms with E-state index in [0.717, 1.165) is 27.8 Å². The molecule has 1 saturated carbocycles. The van der Waals surface area contributed by atoms with Crippen LogP contribution in [-0.2, 0) is 16.0 Å². The maximum Gasteiger partial charge on any atom is 0.306 e. The molecule has 0 spiro atoms. The van der Waals surface area contributed by atoms with Crippen LogP contribution >= 0.6 is 0 Å². The van der Waals surface area contributed by atoms with Crippen LogP contribution in [-0.4, -0.2) is 27.7 Å². The number of aromatic nitrogens is 3. The first-order valence-electron chi connectivity index (χ1n) is 11.8. The molecule has 6 heteroatoms.